The highest BCUT2D eigenvalue weighted by molar-refractivity contribution is 6.35. The average Bonchev–Trinajstić information content (AvgIpc) is 2.45. The van der Waals surface area contributed by atoms with E-state index in [9.17, 15) is 0 Å². The highest BCUT2D eigenvalue weighted by atomic mass is 35.5. The minimum absolute atomic E-state index is 0. The van der Waals surface area contributed by atoms with Gasteiger partial charge in [-0.2, -0.15) is 0 Å². The first kappa shape index (κ1) is 7.86. The van der Waals surface area contributed by atoms with Crippen LogP contribution in [0, 0.1) is 0 Å². The molecule has 0 fully saturated rings. The smallest absolute Gasteiger partial charge is 0.0856 e. The monoisotopic (exact) mass is 175 g/mol. The zero-order valence-corrected chi connectivity index (χ0v) is 6.78. The molecule has 1 atom stereocenters. The predicted molar refractivity (Wildman–Crippen MR) is 44.2 cm³/mol. The predicted octanol–water partition coefficient (Wildman–Crippen LogP) is 3.14. The topological polar surface area (TPSA) is 35.0 Å². The zero-order valence-electron chi connectivity index (χ0n) is 5.27. The van der Waals surface area contributed by atoms with Gasteiger partial charge in [0, 0.05) is 5.02 Å². The maximum absolute atomic E-state index is 5.80. The van der Waals surface area contributed by atoms with Gasteiger partial charge in [0.15, 0.2) is 0 Å². The fourth-order valence-corrected chi connectivity index (χ4v) is 1.69. The van der Waals surface area contributed by atoms with Crippen LogP contribution in [0.25, 0.3) is 0 Å². The summed E-state index contributed by atoms with van der Waals surface area (Å²) in [7, 11) is 0. The second kappa shape index (κ2) is 2.42. The first-order valence-electron chi connectivity index (χ1n) is 2.73. The highest BCUT2D eigenvalue weighted by Gasteiger charge is 2.32. The summed E-state index contributed by atoms with van der Waals surface area (Å²) in [6.07, 6.45) is 0. The Morgan fingerprint density at radius 2 is 2.00 bits per heavy atom. The van der Waals surface area contributed by atoms with Crippen LogP contribution < -0.4 is 6.15 Å². The van der Waals surface area contributed by atoms with Gasteiger partial charge >= 0.3 is 0 Å². The molecular weight excluding hydrogens is 169 g/mol. The molecule has 1 aromatic rings. The summed E-state index contributed by atoms with van der Waals surface area (Å²) in [6.45, 7) is 0. The van der Waals surface area contributed by atoms with E-state index in [0.29, 0.717) is 0 Å². The van der Waals surface area contributed by atoms with E-state index in [-0.39, 0.29) is 11.5 Å². The molecule has 0 amide bonds. The van der Waals surface area contributed by atoms with E-state index in [4.69, 9.17) is 23.2 Å². The number of rotatable bonds is 0. The first-order valence-corrected chi connectivity index (χ1v) is 3.54. The molecule has 1 aliphatic rings. The third-order valence-electron chi connectivity index (χ3n) is 1.53. The minimum atomic E-state index is 0. The fourth-order valence-electron chi connectivity index (χ4n) is 0.969. The van der Waals surface area contributed by atoms with E-state index in [2.05, 4.69) is 0 Å². The molecular formula is C7H7Cl2N. The molecule has 0 heterocycles. The quantitative estimate of drug-likeness (QED) is 0.605. The normalized spacial score (nSPS) is 19.2. The maximum atomic E-state index is 5.80. The summed E-state index contributed by atoms with van der Waals surface area (Å²) in [5.41, 5.74) is 2.30. The van der Waals surface area contributed by atoms with E-state index in [1.807, 2.05) is 18.2 Å². The number of fused-ring (bicyclic) bond motifs is 1. The van der Waals surface area contributed by atoms with Crippen LogP contribution in [-0.4, -0.2) is 0 Å². The van der Waals surface area contributed by atoms with Crippen molar-refractivity contribution in [2.45, 2.75) is 5.38 Å². The molecule has 0 aliphatic heterocycles. The molecule has 54 valence electrons. The molecule has 2 rings (SSSR count). The molecule has 0 radical (unpaired) electrons. The minimum Gasteiger partial charge on any atom is -0.344 e. The molecule has 0 aromatic heterocycles. The lowest BCUT2D eigenvalue weighted by Crippen LogP contribution is -1.56. The molecule has 3 heteroatoms. The second-order valence-corrected chi connectivity index (χ2v) is 2.95. The van der Waals surface area contributed by atoms with Crippen molar-refractivity contribution < 1.29 is 0 Å². The van der Waals surface area contributed by atoms with Crippen molar-refractivity contribution >= 4 is 23.2 Å². The molecule has 0 saturated carbocycles. The molecule has 1 aromatic carbocycles. The van der Waals surface area contributed by atoms with E-state index >= 15 is 0 Å². The molecule has 0 saturated heterocycles. The zero-order chi connectivity index (χ0) is 6.43. The summed E-state index contributed by atoms with van der Waals surface area (Å²) in [5.74, 6) is 0. The van der Waals surface area contributed by atoms with Gasteiger partial charge in [0.25, 0.3) is 0 Å². The van der Waals surface area contributed by atoms with Gasteiger partial charge in [-0.3, -0.25) is 0 Å². The Hall–Kier alpha value is -0.240. The van der Waals surface area contributed by atoms with Crippen molar-refractivity contribution in [3.8, 4) is 0 Å². The highest BCUT2D eigenvalue weighted by Crippen LogP contribution is 2.50. The van der Waals surface area contributed by atoms with Gasteiger partial charge in [-0.25, -0.2) is 0 Å². The van der Waals surface area contributed by atoms with Crippen LogP contribution in [0.3, 0.4) is 0 Å². The number of halogens is 2. The van der Waals surface area contributed by atoms with Gasteiger partial charge in [0.05, 0.1) is 5.38 Å². The molecule has 1 unspecified atom stereocenters. The van der Waals surface area contributed by atoms with Crippen LogP contribution in [0.5, 0.6) is 0 Å². The van der Waals surface area contributed by atoms with Crippen molar-refractivity contribution in [3.63, 3.8) is 0 Å². The van der Waals surface area contributed by atoms with E-state index in [1.54, 1.807) is 0 Å². The Labute approximate surface area is 69.5 Å². The van der Waals surface area contributed by atoms with Crippen molar-refractivity contribution in [1.82, 2.24) is 6.15 Å². The summed E-state index contributed by atoms with van der Waals surface area (Å²) >= 11 is 11.6. The van der Waals surface area contributed by atoms with Crippen LogP contribution >= 0.6 is 23.2 Å². The average molecular weight is 176 g/mol. The molecule has 1 nitrogen and oxygen atoms in total. The Morgan fingerprint density at radius 3 is 2.50 bits per heavy atom. The van der Waals surface area contributed by atoms with E-state index in [0.717, 1.165) is 10.6 Å². The van der Waals surface area contributed by atoms with Gasteiger partial charge in [-0.15, -0.1) is 11.6 Å². The molecule has 3 N–H and O–H groups in total. The largest absolute Gasteiger partial charge is 0.344 e. The lowest BCUT2D eigenvalue weighted by Gasteiger charge is -1.79. The van der Waals surface area contributed by atoms with Gasteiger partial charge in [0.1, 0.15) is 0 Å². The van der Waals surface area contributed by atoms with Crippen molar-refractivity contribution in [1.29, 1.82) is 0 Å². The molecule has 1 aliphatic carbocycles. The Balaban J connectivity index is 0.000000500. The summed E-state index contributed by atoms with van der Waals surface area (Å²) in [4.78, 5) is 0. The third-order valence-corrected chi connectivity index (χ3v) is 2.31. The Morgan fingerprint density at radius 1 is 1.30 bits per heavy atom. The van der Waals surface area contributed by atoms with E-state index < -0.39 is 0 Å². The SMILES string of the molecule is Clc1cccc2c1C2Cl.N. The van der Waals surface area contributed by atoms with Crippen LogP contribution in [0.4, 0.5) is 0 Å². The van der Waals surface area contributed by atoms with Crippen LogP contribution in [0.2, 0.25) is 5.02 Å². The standard InChI is InChI=1S/C7H4Cl2.H3N/c8-5-3-1-2-4-6(5)7(4)9;/h1-3,7H;1H3. The molecule has 10 heavy (non-hydrogen) atoms. The Bertz CT molecular complexity index is 260. The lowest BCUT2D eigenvalue weighted by molar-refractivity contribution is 1.51. The lowest BCUT2D eigenvalue weighted by atomic mass is 10.4. The van der Waals surface area contributed by atoms with Crippen LogP contribution in [0.15, 0.2) is 18.2 Å². The van der Waals surface area contributed by atoms with Crippen LogP contribution in [0.1, 0.15) is 16.5 Å². The molecule has 0 bridgehead atoms. The summed E-state index contributed by atoms with van der Waals surface area (Å²) in [5, 5.41) is 0.903. The van der Waals surface area contributed by atoms with Crippen molar-refractivity contribution in [2.24, 2.45) is 0 Å². The maximum Gasteiger partial charge on any atom is 0.0856 e. The van der Waals surface area contributed by atoms with Gasteiger partial charge in [0.2, 0.25) is 0 Å². The van der Waals surface area contributed by atoms with Crippen LogP contribution in [-0.2, 0) is 0 Å². The number of hydrogen-bond donors (Lipinski definition) is 1. The van der Waals surface area contributed by atoms with Gasteiger partial charge in [-0.05, 0) is 17.2 Å². The summed E-state index contributed by atoms with van der Waals surface area (Å²) in [6, 6.07) is 5.78. The first-order chi connectivity index (χ1) is 4.30. The Kier molecular flexibility index (Phi) is 1.90. The van der Waals surface area contributed by atoms with Crippen molar-refractivity contribution in [2.75, 3.05) is 0 Å². The fraction of sp³-hybridized carbons (Fsp3) is 0.143. The van der Waals surface area contributed by atoms with Gasteiger partial charge < -0.3 is 6.15 Å². The number of hydrogen-bond acceptors (Lipinski definition) is 1. The van der Waals surface area contributed by atoms with E-state index in [1.165, 1.54) is 5.56 Å². The third kappa shape index (κ3) is 0.908. The summed E-state index contributed by atoms with van der Waals surface area (Å²) < 4.78 is 0. The van der Waals surface area contributed by atoms with Gasteiger partial charge in [-0.1, -0.05) is 23.7 Å². The molecule has 0 spiro atoms. The number of alkyl halides is 1. The van der Waals surface area contributed by atoms with Crippen molar-refractivity contribution in [3.05, 3.63) is 34.3 Å². The number of benzene rings is 1. The second-order valence-electron chi connectivity index (χ2n) is 2.11.